The zero-order chi connectivity index (χ0) is 19.8. The first-order valence-corrected chi connectivity index (χ1v) is 11.0. The molecule has 0 heterocycles. The maximum absolute atomic E-state index is 13.2. The van der Waals surface area contributed by atoms with E-state index in [2.05, 4.69) is 45.0 Å². The second kappa shape index (κ2) is 7.43. The molecule has 2 rings (SSSR count). The minimum Gasteiger partial charge on any atom is -0.358 e. The van der Waals surface area contributed by atoms with Crippen molar-refractivity contribution in [1.82, 2.24) is 0 Å². The minimum atomic E-state index is -4.28. The Labute approximate surface area is 156 Å². The maximum Gasteiger partial charge on any atom is 0.405 e. The summed E-state index contributed by atoms with van der Waals surface area (Å²) in [6, 6.07) is 6.63. The third-order valence-electron chi connectivity index (χ3n) is 5.07. The van der Waals surface area contributed by atoms with Crippen molar-refractivity contribution in [3.8, 4) is 0 Å². The van der Waals surface area contributed by atoms with Crippen LogP contribution in [0, 0.1) is 0 Å². The van der Waals surface area contributed by atoms with Gasteiger partial charge in [0.25, 0.3) is 0 Å². The van der Waals surface area contributed by atoms with Crippen molar-refractivity contribution in [2.45, 2.75) is 56.7 Å². The van der Waals surface area contributed by atoms with Crippen LogP contribution in [0.2, 0.25) is 0 Å². The van der Waals surface area contributed by atoms with Crippen LogP contribution in [-0.4, -0.2) is 48.8 Å². The fraction of sp³-hybridized carbons (Fsp3) is 0.632. The van der Waals surface area contributed by atoms with Gasteiger partial charge in [0.15, 0.2) is 0 Å². The number of aliphatic imine (C=N–C) groups is 1. The molecule has 1 aromatic rings. The molecule has 0 unspecified atom stereocenters. The van der Waals surface area contributed by atoms with Crippen molar-refractivity contribution in [2.24, 2.45) is 4.99 Å². The SMILES string of the molecule is C=Nc1ccccc1N(CC(F)(F)F)C1CC(OS(C)(C)C(C)(C)C)C1. The fourth-order valence-corrected chi connectivity index (χ4v) is 3.93. The van der Waals surface area contributed by atoms with Crippen LogP contribution in [0.25, 0.3) is 0 Å². The molecule has 1 fully saturated rings. The average Bonchev–Trinajstić information content (AvgIpc) is 2.46. The average molecular weight is 391 g/mol. The third-order valence-corrected chi connectivity index (χ3v) is 8.78. The van der Waals surface area contributed by atoms with Gasteiger partial charge in [-0.15, -0.1) is 10.3 Å². The van der Waals surface area contributed by atoms with Crippen molar-refractivity contribution >= 4 is 28.4 Å². The highest BCUT2D eigenvalue weighted by Gasteiger charge is 2.43. The molecule has 1 aromatic carbocycles. The Bertz CT molecular complexity index is 634. The van der Waals surface area contributed by atoms with E-state index in [-0.39, 0.29) is 16.9 Å². The Balaban J connectivity index is 2.14. The van der Waals surface area contributed by atoms with Crippen LogP contribution in [0.1, 0.15) is 33.6 Å². The van der Waals surface area contributed by atoms with Crippen LogP contribution in [0.15, 0.2) is 29.3 Å². The number of hydrogen-bond donors (Lipinski definition) is 0. The quantitative estimate of drug-likeness (QED) is 0.581. The maximum atomic E-state index is 13.2. The molecule has 0 saturated heterocycles. The van der Waals surface area contributed by atoms with Crippen molar-refractivity contribution < 1.29 is 17.4 Å². The lowest BCUT2D eigenvalue weighted by Crippen LogP contribution is -2.52. The molecule has 26 heavy (non-hydrogen) atoms. The van der Waals surface area contributed by atoms with Crippen molar-refractivity contribution in [2.75, 3.05) is 24.0 Å². The second-order valence-corrected chi connectivity index (χ2v) is 12.0. The van der Waals surface area contributed by atoms with E-state index in [0.717, 1.165) is 0 Å². The van der Waals surface area contributed by atoms with Crippen molar-refractivity contribution in [3.63, 3.8) is 0 Å². The molecule has 1 aliphatic carbocycles. The lowest BCUT2D eigenvalue weighted by atomic mass is 9.87. The molecule has 0 amide bonds. The summed E-state index contributed by atoms with van der Waals surface area (Å²) in [5, 5.41) is 0. The monoisotopic (exact) mass is 390 g/mol. The van der Waals surface area contributed by atoms with E-state index >= 15 is 0 Å². The van der Waals surface area contributed by atoms with E-state index in [1.54, 1.807) is 24.3 Å². The van der Waals surface area contributed by atoms with Gasteiger partial charge in [-0.05, 0) is 44.2 Å². The summed E-state index contributed by atoms with van der Waals surface area (Å²) in [7, 11) is -1.29. The van der Waals surface area contributed by atoms with E-state index in [0.29, 0.717) is 24.2 Å². The number of benzene rings is 1. The minimum absolute atomic E-state index is 0.00353. The molecule has 0 bridgehead atoms. The van der Waals surface area contributed by atoms with Gasteiger partial charge in [-0.25, -0.2) is 0 Å². The zero-order valence-corrected chi connectivity index (χ0v) is 17.0. The smallest absolute Gasteiger partial charge is 0.358 e. The largest absolute Gasteiger partial charge is 0.405 e. The van der Waals surface area contributed by atoms with Crippen LogP contribution in [0.3, 0.4) is 0 Å². The molecule has 0 radical (unpaired) electrons. The summed E-state index contributed by atoms with van der Waals surface area (Å²) in [5.41, 5.74) is 0.951. The first-order valence-electron chi connectivity index (χ1n) is 8.64. The molecule has 0 spiro atoms. The summed E-state index contributed by atoms with van der Waals surface area (Å²) in [6.45, 7) is 8.91. The number of hydrogen-bond acceptors (Lipinski definition) is 3. The predicted octanol–water partition coefficient (Wildman–Crippen LogP) is 5.71. The van der Waals surface area contributed by atoms with Crippen LogP contribution < -0.4 is 4.90 Å². The summed E-state index contributed by atoms with van der Waals surface area (Å²) in [6.07, 6.45) is 1.14. The first kappa shape index (κ1) is 21.1. The Morgan fingerprint density at radius 1 is 1.19 bits per heavy atom. The highest BCUT2D eigenvalue weighted by atomic mass is 32.3. The lowest BCUT2D eigenvalue weighted by Gasteiger charge is -2.51. The van der Waals surface area contributed by atoms with Crippen LogP contribution in [0.4, 0.5) is 24.5 Å². The first-order chi connectivity index (χ1) is 11.8. The Hall–Kier alpha value is -1.21. The molecule has 1 saturated carbocycles. The van der Waals surface area contributed by atoms with Gasteiger partial charge >= 0.3 is 6.18 Å². The molecule has 0 aliphatic heterocycles. The number of rotatable bonds is 6. The van der Waals surface area contributed by atoms with Gasteiger partial charge in [-0.2, -0.15) is 13.2 Å². The van der Waals surface area contributed by atoms with Gasteiger partial charge in [0.2, 0.25) is 0 Å². The van der Waals surface area contributed by atoms with Gasteiger partial charge < -0.3 is 9.08 Å². The molecule has 148 valence electrons. The number of anilines is 1. The highest BCUT2D eigenvalue weighted by Crippen LogP contribution is 2.56. The molecule has 0 atom stereocenters. The Kier molecular flexibility index (Phi) is 6.03. The van der Waals surface area contributed by atoms with Crippen LogP contribution in [0.5, 0.6) is 0 Å². The number of nitrogens with zero attached hydrogens (tertiary/aromatic N) is 2. The van der Waals surface area contributed by atoms with Crippen LogP contribution in [-0.2, 0) is 4.18 Å². The van der Waals surface area contributed by atoms with E-state index < -0.39 is 23.0 Å². The van der Waals surface area contributed by atoms with Crippen LogP contribution >= 0.6 is 10.3 Å². The molecule has 7 heteroatoms. The zero-order valence-electron chi connectivity index (χ0n) is 16.1. The number of para-hydroxylation sites is 2. The summed E-state index contributed by atoms with van der Waals surface area (Å²) in [5.74, 6) is 0. The molecule has 3 nitrogen and oxygen atoms in total. The van der Waals surface area contributed by atoms with E-state index in [1.807, 2.05) is 0 Å². The number of halogens is 3. The normalized spacial score (nSPS) is 21.8. The standard InChI is InChI=1S/C19H29F3N2OS/c1-18(2,3)26(5,6)25-15-11-14(12-15)24(13-19(20,21)22)17-10-8-7-9-16(17)23-4/h7-10,14-15H,4,11-13H2,1-3,5-6H3. The summed E-state index contributed by atoms with van der Waals surface area (Å²) < 4.78 is 45.8. The van der Waals surface area contributed by atoms with Gasteiger partial charge in [-0.3, -0.25) is 4.99 Å². The van der Waals surface area contributed by atoms with Gasteiger partial charge in [0.1, 0.15) is 6.54 Å². The van der Waals surface area contributed by atoms with Crippen molar-refractivity contribution in [1.29, 1.82) is 0 Å². The molecule has 1 aliphatic rings. The lowest BCUT2D eigenvalue weighted by molar-refractivity contribution is -0.122. The topological polar surface area (TPSA) is 24.8 Å². The predicted molar refractivity (Wildman–Crippen MR) is 106 cm³/mol. The second-order valence-electron chi connectivity index (χ2n) is 8.08. The fourth-order valence-electron chi connectivity index (χ4n) is 2.80. The summed E-state index contributed by atoms with van der Waals surface area (Å²) in [4.78, 5) is 5.29. The Morgan fingerprint density at radius 2 is 1.77 bits per heavy atom. The van der Waals surface area contributed by atoms with E-state index in [1.165, 1.54) is 4.90 Å². The van der Waals surface area contributed by atoms with E-state index in [4.69, 9.17) is 4.18 Å². The molecular weight excluding hydrogens is 361 g/mol. The Morgan fingerprint density at radius 3 is 2.27 bits per heavy atom. The van der Waals surface area contributed by atoms with Gasteiger partial charge in [-0.1, -0.05) is 32.9 Å². The van der Waals surface area contributed by atoms with Gasteiger partial charge in [0.05, 0.1) is 17.5 Å². The molecular formula is C19H29F3N2OS. The van der Waals surface area contributed by atoms with Gasteiger partial charge in [0, 0.05) is 10.8 Å². The van der Waals surface area contributed by atoms with E-state index in [9.17, 15) is 13.2 Å². The number of alkyl halides is 3. The van der Waals surface area contributed by atoms with Crippen molar-refractivity contribution in [3.05, 3.63) is 24.3 Å². The molecule has 0 aromatic heterocycles. The summed E-state index contributed by atoms with van der Waals surface area (Å²) >= 11 is 0. The molecule has 0 N–H and O–H groups in total. The highest BCUT2D eigenvalue weighted by molar-refractivity contribution is 8.29. The third kappa shape index (κ3) is 4.94.